The summed E-state index contributed by atoms with van der Waals surface area (Å²) in [5, 5.41) is 0. The van der Waals surface area contributed by atoms with Crippen molar-refractivity contribution in [2.24, 2.45) is 5.84 Å². The van der Waals surface area contributed by atoms with E-state index in [-0.39, 0.29) is 18.0 Å². The largest absolute Gasteiger partial charge is 0.376 e. The number of aryl methyl sites for hydroxylation is 1. The highest BCUT2D eigenvalue weighted by Crippen LogP contribution is 2.23. The normalized spacial score (nSPS) is 14.5. The Morgan fingerprint density at radius 2 is 2.11 bits per heavy atom. The van der Waals surface area contributed by atoms with Gasteiger partial charge in [0.2, 0.25) is 0 Å². The molecule has 0 aromatic heterocycles. The standard InChI is InChI=1S/C14H23FN2O/c1-4-6-13(18-5-2)14(17-16)11-7-8-12(15)10(3)9-11/h7-9,13-14,17H,4-6,16H2,1-3H3. The Balaban J connectivity index is 2.94. The van der Waals surface area contributed by atoms with Gasteiger partial charge in [-0.25, -0.2) is 4.39 Å². The van der Waals surface area contributed by atoms with Crippen LogP contribution in [0.25, 0.3) is 0 Å². The molecule has 3 nitrogen and oxygen atoms in total. The van der Waals surface area contributed by atoms with Crippen LogP contribution < -0.4 is 11.3 Å². The van der Waals surface area contributed by atoms with Crippen LogP contribution in [0.15, 0.2) is 18.2 Å². The van der Waals surface area contributed by atoms with Crippen molar-refractivity contribution >= 4 is 0 Å². The Hall–Kier alpha value is -0.970. The van der Waals surface area contributed by atoms with Crippen LogP contribution in [0.5, 0.6) is 0 Å². The van der Waals surface area contributed by atoms with Crippen molar-refractivity contribution in [2.45, 2.75) is 45.8 Å². The SMILES string of the molecule is CCCC(OCC)C(NN)c1ccc(F)c(C)c1. The zero-order chi connectivity index (χ0) is 13.5. The van der Waals surface area contributed by atoms with Gasteiger partial charge >= 0.3 is 0 Å². The van der Waals surface area contributed by atoms with Gasteiger partial charge in [0.25, 0.3) is 0 Å². The van der Waals surface area contributed by atoms with Crippen molar-refractivity contribution in [2.75, 3.05) is 6.61 Å². The molecule has 3 N–H and O–H groups in total. The van der Waals surface area contributed by atoms with Gasteiger partial charge in [0.1, 0.15) is 5.82 Å². The highest BCUT2D eigenvalue weighted by atomic mass is 19.1. The predicted octanol–water partition coefficient (Wildman–Crippen LogP) is 2.84. The van der Waals surface area contributed by atoms with Crippen LogP contribution >= 0.6 is 0 Å². The summed E-state index contributed by atoms with van der Waals surface area (Å²) in [5.41, 5.74) is 4.37. The van der Waals surface area contributed by atoms with Gasteiger partial charge in [-0.3, -0.25) is 11.3 Å². The van der Waals surface area contributed by atoms with E-state index < -0.39 is 0 Å². The Morgan fingerprint density at radius 1 is 1.39 bits per heavy atom. The smallest absolute Gasteiger partial charge is 0.126 e. The second-order valence-electron chi connectivity index (χ2n) is 4.44. The van der Waals surface area contributed by atoms with E-state index in [4.69, 9.17) is 10.6 Å². The van der Waals surface area contributed by atoms with E-state index in [2.05, 4.69) is 12.3 Å². The van der Waals surface area contributed by atoms with Crippen LogP contribution in [0.4, 0.5) is 4.39 Å². The summed E-state index contributed by atoms with van der Waals surface area (Å²) in [6, 6.07) is 4.95. The molecule has 0 aliphatic heterocycles. The number of hydrazine groups is 1. The van der Waals surface area contributed by atoms with E-state index in [0.717, 1.165) is 18.4 Å². The molecule has 102 valence electrons. The minimum atomic E-state index is -0.196. The fraction of sp³-hybridized carbons (Fsp3) is 0.571. The molecule has 2 atom stereocenters. The van der Waals surface area contributed by atoms with Gasteiger partial charge in [-0.2, -0.15) is 0 Å². The third kappa shape index (κ3) is 3.77. The van der Waals surface area contributed by atoms with E-state index in [1.54, 1.807) is 13.0 Å². The molecule has 0 radical (unpaired) electrons. The molecule has 1 aromatic rings. The molecule has 18 heavy (non-hydrogen) atoms. The maximum absolute atomic E-state index is 13.3. The molecular weight excluding hydrogens is 231 g/mol. The molecule has 0 aliphatic rings. The number of nitrogens with two attached hydrogens (primary N) is 1. The third-order valence-electron chi connectivity index (χ3n) is 3.05. The van der Waals surface area contributed by atoms with E-state index in [9.17, 15) is 4.39 Å². The van der Waals surface area contributed by atoms with Crippen LogP contribution in [0.2, 0.25) is 0 Å². The summed E-state index contributed by atoms with van der Waals surface area (Å²) in [6.45, 7) is 6.46. The number of hydrogen-bond donors (Lipinski definition) is 2. The van der Waals surface area contributed by atoms with Gasteiger partial charge in [-0.05, 0) is 37.5 Å². The van der Waals surface area contributed by atoms with E-state index in [0.29, 0.717) is 12.2 Å². The molecule has 0 bridgehead atoms. The number of benzene rings is 1. The van der Waals surface area contributed by atoms with Gasteiger partial charge in [-0.15, -0.1) is 0 Å². The van der Waals surface area contributed by atoms with Crippen molar-refractivity contribution in [3.63, 3.8) is 0 Å². The zero-order valence-electron chi connectivity index (χ0n) is 11.4. The highest BCUT2D eigenvalue weighted by Gasteiger charge is 2.22. The van der Waals surface area contributed by atoms with Crippen molar-refractivity contribution in [3.8, 4) is 0 Å². The quantitative estimate of drug-likeness (QED) is 0.581. The first-order valence-corrected chi connectivity index (χ1v) is 6.47. The second kappa shape index (κ2) is 7.46. The maximum atomic E-state index is 13.3. The topological polar surface area (TPSA) is 47.3 Å². The molecule has 1 aromatic carbocycles. The van der Waals surface area contributed by atoms with Crippen molar-refractivity contribution < 1.29 is 9.13 Å². The van der Waals surface area contributed by atoms with Crippen molar-refractivity contribution in [3.05, 3.63) is 35.1 Å². The van der Waals surface area contributed by atoms with Crippen molar-refractivity contribution in [1.29, 1.82) is 0 Å². The number of nitrogens with one attached hydrogen (secondary N) is 1. The molecular formula is C14H23FN2O. The Morgan fingerprint density at radius 3 is 2.61 bits per heavy atom. The van der Waals surface area contributed by atoms with Gasteiger partial charge in [-0.1, -0.05) is 25.5 Å². The number of halogens is 1. The highest BCUT2D eigenvalue weighted by molar-refractivity contribution is 5.27. The lowest BCUT2D eigenvalue weighted by Gasteiger charge is -2.27. The van der Waals surface area contributed by atoms with Crippen LogP contribution in [-0.2, 0) is 4.74 Å². The zero-order valence-corrected chi connectivity index (χ0v) is 11.4. The Bertz CT molecular complexity index is 365. The monoisotopic (exact) mass is 254 g/mol. The average molecular weight is 254 g/mol. The summed E-state index contributed by atoms with van der Waals surface area (Å²) < 4.78 is 19.0. The van der Waals surface area contributed by atoms with Gasteiger partial charge in [0, 0.05) is 6.61 Å². The van der Waals surface area contributed by atoms with E-state index in [1.165, 1.54) is 6.07 Å². The average Bonchev–Trinajstić information content (AvgIpc) is 2.35. The summed E-state index contributed by atoms with van der Waals surface area (Å²) in [4.78, 5) is 0. The molecule has 4 heteroatoms. The molecule has 0 aliphatic carbocycles. The third-order valence-corrected chi connectivity index (χ3v) is 3.05. The van der Waals surface area contributed by atoms with Crippen LogP contribution in [0, 0.1) is 12.7 Å². The lowest BCUT2D eigenvalue weighted by Crippen LogP contribution is -2.38. The van der Waals surface area contributed by atoms with E-state index in [1.807, 2.05) is 13.0 Å². The number of hydrogen-bond acceptors (Lipinski definition) is 3. The Labute approximate surface area is 108 Å². The van der Waals surface area contributed by atoms with Gasteiger partial charge in [0.05, 0.1) is 12.1 Å². The molecule has 1 rings (SSSR count). The van der Waals surface area contributed by atoms with Crippen LogP contribution in [0.1, 0.15) is 43.9 Å². The lowest BCUT2D eigenvalue weighted by molar-refractivity contribution is 0.0275. The van der Waals surface area contributed by atoms with Gasteiger partial charge in [0.15, 0.2) is 0 Å². The molecule has 0 saturated carbocycles. The lowest BCUT2D eigenvalue weighted by atomic mass is 9.97. The molecule has 0 heterocycles. The minimum Gasteiger partial charge on any atom is -0.376 e. The first-order valence-electron chi connectivity index (χ1n) is 6.47. The minimum absolute atomic E-state index is 0.00913. The second-order valence-corrected chi connectivity index (χ2v) is 4.44. The molecule has 0 saturated heterocycles. The van der Waals surface area contributed by atoms with Crippen molar-refractivity contribution in [1.82, 2.24) is 5.43 Å². The summed E-state index contributed by atoms with van der Waals surface area (Å²) >= 11 is 0. The first-order chi connectivity index (χ1) is 8.63. The fourth-order valence-electron chi connectivity index (χ4n) is 2.12. The summed E-state index contributed by atoms with van der Waals surface area (Å²) in [7, 11) is 0. The molecule has 0 spiro atoms. The van der Waals surface area contributed by atoms with E-state index >= 15 is 0 Å². The molecule has 0 amide bonds. The van der Waals surface area contributed by atoms with Gasteiger partial charge < -0.3 is 4.74 Å². The number of rotatable bonds is 7. The molecule has 2 unspecified atom stereocenters. The number of ether oxygens (including phenoxy) is 1. The summed E-state index contributed by atoms with van der Waals surface area (Å²) in [5.74, 6) is 5.43. The van der Waals surface area contributed by atoms with Crippen LogP contribution in [0.3, 0.4) is 0 Å². The molecule has 0 fully saturated rings. The summed E-state index contributed by atoms with van der Waals surface area (Å²) in [6.07, 6.45) is 1.94. The maximum Gasteiger partial charge on any atom is 0.126 e. The predicted molar refractivity (Wildman–Crippen MR) is 71.5 cm³/mol. The first kappa shape index (κ1) is 15.1. The fourth-order valence-corrected chi connectivity index (χ4v) is 2.12. The Kier molecular flexibility index (Phi) is 6.25. The van der Waals surface area contributed by atoms with Crippen LogP contribution in [-0.4, -0.2) is 12.7 Å².